The third-order valence-corrected chi connectivity index (χ3v) is 3.65. The monoisotopic (exact) mass is 308 g/mol. The van der Waals surface area contributed by atoms with E-state index in [1.54, 1.807) is 11.8 Å². The van der Waals surface area contributed by atoms with E-state index in [1.165, 1.54) is 4.90 Å². The zero-order valence-corrected chi connectivity index (χ0v) is 12.7. The SMILES string of the molecule is CSc1ccc(NC(=S)Nc2ccc(Cl)cc2)cc1. The number of rotatable bonds is 3. The van der Waals surface area contributed by atoms with Crippen LogP contribution in [-0.2, 0) is 0 Å². The Morgan fingerprint density at radius 3 is 1.89 bits per heavy atom. The summed E-state index contributed by atoms with van der Waals surface area (Å²) in [7, 11) is 0. The second-order valence-corrected chi connectivity index (χ2v) is 5.54. The Morgan fingerprint density at radius 1 is 0.947 bits per heavy atom. The molecule has 0 radical (unpaired) electrons. The van der Waals surface area contributed by atoms with Crippen molar-refractivity contribution < 1.29 is 0 Å². The first-order valence-corrected chi connectivity index (χ1v) is 7.66. The maximum absolute atomic E-state index is 5.83. The van der Waals surface area contributed by atoms with Crippen molar-refractivity contribution in [2.45, 2.75) is 4.90 Å². The van der Waals surface area contributed by atoms with Gasteiger partial charge in [-0.2, -0.15) is 0 Å². The van der Waals surface area contributed by atoms with Gasteiger partial charge in [0.15, 0.2) is 5.11 Å². The summed E-state index contributed by atoms with van der Waals surface area (Å²) in [5.74, 6) is 0. The van der Waals surface area contributed by atoms with Gasteiger partial charge in [-0.3, -0.25) is 0 Å². The van der Waals surface area contributed by atoms with E-state index in [4.69, 9.17) is 23.8 Å². The minimum Gasteiger partial charge on any atom is -0.332 e. The minimum absolute atomic E-state index is 0.555. The molecule has 0 heterocycles. The maximum Gasteiger partial charge on any atom is 0.175 e. The van der Waals surface area contributed by atoms with Crippen LogP contribution < -0.4 is 10.6 Å². The fourth-order valence-electron chi connectivity index (χ4n) is 1.50. The summed E-state index contributed by atoms with van der Waals surface area (Å²) >= 11 is 12.8. The lowest BCUT2D eigenvalue weighted by atomic mass is 10.3. The van der Waals surface area contributed by atoms with Gasteiger partial charge in [0, 0.05) is 21.3 Å². The molecule has 0 aliphatic heterocycles. The number of anilines is 2. The highest BCUT2D eigenvalue weighted by molar-refractivity contribution is 7.98. The predicted octanol–water partition coefficient (Wildman–Crippen LogP) is 4.87. The molecule has 0 fully saturated rings. The number of nitrogens with one attached hydrogen (secondary N) is 2. The highest BCUT2D eigenvalue weighted by Crippen LogP contribution is 2.18. The average molecular weight is 309 g/mol. The van der Waals surface area contributed by atoms with Crippen molar-refractivity contribution in [3.8, 4) is 0 Å². The Hall–Kier alpha value is -1.23. The Bertz CT molecular complexity index is 553. The van der Waals surface area contributed by atoms with Gasteiger partial charge >= 0.3 is 0 Å². The van der Waals surface area contributed by atoms with E-state index in [-0.39, 0.29) is 0 Å². The fraction of sp³-hybridized carbons (Fsp3) is 0.0714. The van der Waals surface area contributed by atoms with Gasteiger partial charge in [0.2, 0.25) is 0 Å². The summed E-state index contributed by atoms with van der Waals surface area (Å²) in [4.78, 5) is 1.22. The molecule has 0 saturated heterocycles. The van der Waals surface area contributed by atoms with Crippen LogP contribution in [0.1, 0.15) is 0 Å². The molecule has 0 aliphatic carbocycles. The van der Waals surface area contributed by atoms with Crippen molar-refractivity contribution in [2.75, 3.05) is 16.9 Å². The second kappa shape index (κ2) is 6.80. The minimum atomic E-state index is 0.555. The van der Waals surface area contributed by atoms with Crippen LogP contribution >= 0.6 is 35.6 Å². The molecule has 0 spiro atoms. The Morgan fingerprint density at radius 2 is 1.42 bits per heavy atom. The van der Waals surface area contributed by atoms with Crippen LogP contribution in [0.2, 0.25) is 5.02 Å². The van der Waals surface area contributed by atoms with Crippen LogP contribution in [0.15, 0.2) is 53.4 Å². The smallest absolute Gasteiger partial charge is 0.175 e. The molecule has 0 aliphatic rings. The molecule has 2 rings (SSSR count). The lowest BCUT2D eigenvalue weighted by Crippen LogP contribution is -2.18. The highest BCUT2D eigenvalue weighted by Gasteiger charge is 1.99. The van der Waals surface area contributed by atoms with E-state index >= 15 is 0 Å². The zero-order valence-electron chi connectivity index (χ0n) is 10.3. The van der Waals surface area contributed by atoms with Gasteiger partial charge < -0.3 is 10.6 Å². The van der Waals surface area contributed by atoms with Gasteiger partial charge in [-0.25, -0.2) is 0 Å². The second-order valence-electron chi connectivity index (χ2n) is 3.81. The molecule has 0 saturated carbocycles. The number of hydrogen-bond acceptors (Lipinski definition) is 2. The summed E-state index contributed by atoms with van der Waals surface area (Å²) in [6.07, 6.45) is 2.05. The largest absolute Gasteiger partial charge is 0.332 e. The Labute approximate surface area is 127 Å². The van der Waals surface area contributed by atoms with Crippen molar-refractivity contribution in [3.05, 3.63) is 53.6 Å². The van der Waals surface area contributed by atoms with Crippen molar-refractivity contribution in [3.63, 3.8) is 0 Å². The molecule has 2 aromatic carbocycles. The normalized spacial score (nSPS) is 10.0. The summed E-state index contributed by atoms with van der Waals surface area (Å²) in [5.41, 5.74) is 1.87. The molecule has 5 heteroatoms. The van der Waals surface area contributed by atoms with Crippen LogP contribution in [0.4, 0.5) is 11.4 Å². The summed E-state index contributed by atoms with van der Waals surface area (Å²) in [6, 6.07) is 15.5. The molecule has 0 amide bonds. The first-order valence-electron chi connectivity index (χ1n) is 5.65. The topological polar surface area (TPSA) is 24.1 Å². The lowest BCUT2D eigenvalue weighted by Gasteiger charge is -2.10. The molecule has 0 unspecified atom stereocenters. The van der Waals surface area contributed by atoms with Gasteiger partial charge in [-0.15, -0.1) is 11.8 Å². The number of benzene rings is 2. The van der Waals surface area contributed by atoms with E-state index in [0.717, 1.165) is 11.4 Å². The first-order chi connectivity index (χ1) is 9.17. The predicted molar refractivity (Wildman–Crippen MR) is 89.5 cm³/mol. The molecule has 2 N–H and O–H groups in total. The van der Waals surface area contributed by atoms with E-state index in [1.807, 2.05) is 36.4 Å². The number of halogens is 1. The molecular weight excluding hydrogens is 296 g/mol. The molecule has 19 heavy (non-hydrogen) atoms. The molecular formula is C14H13ClN2S2. The van der Waals surface area contributed by atoms with Crippen molar-refractivity contribution in [2.24, 2.45) is 0 Å². The molecule has 0 atom stereocenters. The zero-order chi connectivity index (χ0) is 13.7. The summed E-state index contributed by atoms with van der Waals surface area (Å²) in [5, 5.41) is 7.50. The van der Waals surface area contributed by atoms with Crippen molar-refractivity contribution in [1.82, 2.24) is 0 Å². The number of thioether (sulfide) groups is 1. The van der Waals surface area contributed by atoms with Crippen LogP contribution in [0, 0.1) is 0 Å². The van der Waals surface area contributed by atoms with Gasteiger partial charge in [0.25, 0.3) is 0 Å². The molecule has 2 aromatic rings. The van der Waals surface area contributed by atoms with Gasteiger partial charge in [0.05, 0.1) is 0 Å². The van der Waals surface area contributed by atoms with Gasteiger partial charge in [-0.1, -0.05) is 11.6 Å². The molecule has 0 aromatic heterocycles. The summed E-state index contributed by atoms with van der Waals surface area (Å²) in [6.45, 7) is 0. The molecule has 98 valence electrons. The van der Waals surface area contributed by atoms with E-state index < -0.39 is 0 Å². The third-order valence-electron chi connectivity index (χ3n) is 2.45. The van der Waals surface area contributed by atoms with Gasteiger partial charge in [-0.05, 0) is 67.0 Å². The molecule has 0 bridgehead atoms. The summed E-state index contributed by atoms with van der Waals surface area (Å²) < 4.78 is 0. The molecule has 2 nitrogen and oxygen atoms in total. The van der Waals surface area contributed by atoms with Crippen LogP contribution in [0.25, 0.3) is 0 Å². The standard InChI is InChI=1S/C14H13ClN2S2/c1-19-13-8-6-12(7-9-13)17-14(18)16-11-4-2-10(15)3-5-11/h2-9H,1H3,(H2,16,17,18). The van der Waals surface area contributed by atoms with Crippen LogP contribution in [0.5, 0.6) is 0 Å². The Kier molecular flexibility index (Phi) is 5.07. The van der Waals surface area contributed by atoms with E-state index in [0.29, 0.717) is 10.1 Å². The quantitative estimate of drug-likeness (QED) is 0.624. The highest BCUT2D eigenvalue weighted by atomic mass is 35.5. The van der Waals surface area contributed by atoms with E-state index in [9.17, 15) is 0 Å². The Balaban J connectivity index is 1.95. The fourth-order valence-corrected chi connectivity index (χ4v) is 2.27. The van der Waals surface area contributed by atoms with E-state index in [2.05, 4.69) is 29.0 Å². The maximum atomic E-state index is 5.83. The van der Waals surface area contributed by atoms with Gasteiger partial charge in [0.1, 0.15) is 0 Å². The average Bonchev–Trinajstić information content (AvgIpc) is 2.42. The lowest BCUT2D eigenvalue weighted by molar-refractivity contribution is 1.46. The number of hydrogen-bond donors (Lipinski definition) is 2. The van der Waals surface area contributed by atoms with Crippen molar-refractivity contribution in [1.29, 1.82) is 0 Å². The van der Waals surface area contributed by atoms with Crippen molar-refractivity contribution >= 4 is 52.1 Å². The van der Waals surface area contributed by atoms with Crippen LogP contribution in [0.3, 0.4) is 0 Å². The number of thiocarbonyl (C=S) groups is 1. The first kappa shape index (κ1) is 14.2. The third kappa shape index (κ3) is 4.42. The van der Waals surface area contributed by atoms with Crippen LogP contribution in [-0.4, -0.2) is 11.4 Å².